The van der Waals surface area contributed by atoms with E-state index in [1.54, 1.807) is 14.0 Å². The third kappa shape index (κ3) is 4.04. The average molecular weight is 252 g/mol. The lowest BCUT2D eigenvalue weighted by Gasteiger charge is -2.24. The Bertz CT molecular complexity index is 432. The molecule has 0 aliphatic rings. The highest BCUT2D eigenvalue weighted by Crippen LogP contribution is 2.10. The summed E-state index contributed by atoms with van der Waals surface area (Å²) in [5.41, 5.74) is 5.80. The molecule has 1 unspecified atom stereocenters. The molecule has 18 heavy (non-hydrogen) atoms. The number of hydrogen-bond donors (Lipinski definition) is 3. The van der Waals surface area contributed by atoms with Crippen LogP contribution in [-0.2, 0) is 0 Å². The first kappa shape index (κ1) is 14.0. The van der Waals surface area contributed by atoms with Gasteiger partial charge in [0.25, 0.3) is 0 Å². The molecule has 0 aromatic heterocycles. The molecule has 0 spiro atoms. The molecule has 0 bridgehead atoms. The van der Waals surface area contributed by atoms with Crippen LogP contribution in [0.5, 0.6) is 0 Å². The third-order valence-corrected chi connectivity index (χ3v) is 2.59. The zero-order chi connectivity index (χ0) is 13.7. The van der Waals surface area contributed by atoms with E-state index in [0.29, 0.717) is 12.1 Å². The van der Waals surface area contributed by atoms with Gasteiger partial charge in [0.1, 0.15) is 5.82 Å². The van der Waals surface area contributed by atoms with Crippen LogP contribution in [0.3, 0.4) is 0 Å². The highest BCUT2D eigenvalue weighted by atomic mass is 19.1. The molecule has 1 rings (SSSR count). The SMILES string of the molecule is CC(CC(=N)N)N(C)C(=O)Nc1ccc(F)cc1. The number of halogens is 1. The van der Waals surface area contributed by atoms with Crippen molar-refractivity contribution >= 4 is 17.6 Å². The van der Waals surface area contributed by atoms with E-state index in [2.05, 4.69) is 5.32 Å². The van der Waals surface area contributed by atoms with E-state index in [1.165, 1.54) is 29.2 Å². The van der Waals surface area contributed by atoms with Crippen LogP contribution in [0.15, 0.2) is 24.3 Å². The van der Waals surface area contributed by atoms with Crippen molar-refractivity contribution in [2.75, 3.05) is 12.4 Å². The van der Waals surface area contributed by atoms with E-state index in [0.717, 1.165) is 0 Å². The number of rotatable bonds is 4. The first-order valence-corrected chi connectivity index (χ1v) is 5.52. The molecule has 0 aliphatic carbocycles. The fourth-order valence-electron chi connectivity index (χ4n) is 1.40. The summed E-state index contributed by atoms with van der Waals surface area (Å²) in [7, 11) is 1.62. The van der Waals surface area contributed by atoms with Crippen LogP contribution in [0.4, 0.5) is 14.9 Å². The Balaban J connectivity index is 2.59. The largest absolute Gasteiger partial charge is 0.388 e. The normalized spacial score (nSPS) is 11.7. The van der Waals surface area contributed by atoms with Crippen molar-refractivity contribution in [1.29, 1.82) is 5.41 Å². The predicted octanol–water partition coefficient (Wildman–Crippen LogP) is 2.00. The van der Waals surface area contributed by atoms with Crippen molar-refractivity contribution in [3.8, 4) is 0 Å². The summed E-state index contributed by atoms with van der Waals surface area (Å²) in [4.78, 5) is 13.3. The Morgan fingerprint density at radius 1 is 1.50 bits per heavy atom. The standard InChI is InChI=1S/C12H17FN4O/c1-8(7-11(14)15)17(2)12(18)16-10-5-3-9(13)4-6-10/h3-6,8H,7H2,1-2H3,(H3,14,15)(H,16,18). The Labute approximate surface area is 105 Å². The van der Waals surface area contributed by atoms with Gasteiger partial charge in [-0.2, -0.15) is 0 Å². The minimum Gasteiger partial charge on any atom is -0.388 e. The number of anilines is 1. The molecule has 0 saturated heterocycles. The van der Waals surface area contributed by atoms with Crippen molar-refractivity contribution in [1.82, 2.24) is 4.90 Å². The average Bonchev–Trinajstić information content (AvgIpc) is 2.30. The van der Waals surface area contributed by atoms with Gasteiger partial charge in [-0.05, 0) is 31.2 Å². The fourth-order valence-corrected chi connectivity index (χ4v) is 1.40. The van der Waals surface area contributed by atoms with Crippen molar-refractivity contribution in [3.05, 3.63) is 30.1 Å². The molecule has 0 aliphatic heterocycles. The summed E-state index contributed by atoms with van der Waals surface area (Å²) >= 11 is 0. The Kier molecular flexibility index (Phi) is 4.65. The Morgan fingerprint density at radius 3 is 2.56 bits per heavy atom. The maximum Gasteiger partial charge on any atom is 0.321 e. The van der Waals surface area contributed by atoms with E-state index >= 15 is 0 Å². The summed E-state index contributed by atoms with van der Waals surface area (Å²) in [5, 5.41) is 9.81. The van der Waals surface area contributed by atoms with Crippen LogP contribution in [-0.4, -0.2) is 29.9 Å². The fraction of sp³-hybridized carbons (Fsp3) is 0.333. The molecule has 4 N–H and O–H groups in total. The molecule has 0 heterocycles. The summed E-state index contributed by atoms with van der Waals surface area (Å²) in [6, 6.07) is 5.01. The highest BCUT2D eigenvalue weighted by Gasteiger charge is 2.16. The molecule has 98 valence electrons. The van der Waals surface area contributed by atoms with E-state index in [4.69, 9.17) is 11.1 Å². The summed E-state index contributed by atoms with van der Waals surface area (Å²) in [5.74, 6) is -0.324. The van der Waals surface area contributed by atoms with Gasteiger partial charge >= 0.3 is 6.03 Å². The smallest absolute Gasteiger partial charge is 0.321 e. The third-order valence-electron chi connectivity index (χ3n) is 2.59. The van der Waals surface area contributed by atoms with Crippen molar-refractivity contribution in [3.63, 3.8) is 0 Å². The number of nitrogens with one attached hydrogen (secondary N) is 2. The molecular weight excluding hydrogens is 235 g/mol. The Morgan fingerprint density at radius 2 is 2.06 bits per heavy atom. The van der Waals surface area contributed by atoms with Gasteiger partial charge < -0.3 is 16.0 Å². The van der Waals surface area contributed by atoms with Crippen LogP contribution < -0.4 is 11.1 Å². The van der Waals surface area contributed by atoms with Gasteiger partial charge in [-0.1, -0.05) is 0 Å². The minimum atomic E-state index is -0.355. The van der Waals surface area contributed by atoms with Crippen LogP contribution in [0.1, 0.15) is 13.3 Å². The van der Waals surface area contributed by atoms with Gasteiger partial charge in [-0.25, -0.2) is 9.18 Å². The number of carbonyl (C=O) groups excluding carboxylic acids is 1. The van der Waals surface area contributed by atoms with Gasteiger partial charge in [0.15, 0.2) is 0 Å². The topological polar surface area (TPSA) is 82.2 Å². The number of nitrogens with zero attached hydrogens (tertiary/aromatic N) is 1. The molecule has 1 atom stereocenters. The monoisotopic (exact) mass is 252 g/mol. The van der Waals surface area contributed by atoms with Crippen molar-refractivity contribution < 1.29 is 9.18 Å². The van der Waals surface area contributed by atoms with Crippen LogP contribution in [0.25, 0.3) is 0 Å². The number of urea groups is 1. The molecule has 5 nitrogen and oxygen atoms in total. The zero-order valence-electron chi connectivity index (χ0n) is 10.4. The van der Waals surface area contributed by atoms with Gasteiger partial charge in [0.05, 0.1) is 5.84 Å². The number of hydrogen-bond acceptors (Lipinski definition) is 2. The molecule has 1 aromatic carbocycles. The number of amides is 2. The Hall–Kier alpha value is -2.11. The second kappa shape index (κ2) is 6.00. The summed E-state index contributed by atoms with van der Waals surface area (Å²) < 4.78 is 12.7. The van der Waals surface area contributed by atoms with Gasteiger partial charge in [-0.3, -0.25) is 5.41 Å². The van der Waals surface area contributed by atoms with Crippen molar-refractivity contribution in [2.24, 2.45) is 5.73 Å². The van der Waals surface area contributed by atoms with Crippen LogP contribution >= 0.6 is 0 Å². The number of amidine groups is 1. The second-order valence-electron chi connectivity index (χ2n) is 4.13. The molecular formula is C12H17FN4O. The van der Waals surface area contributed by atoms with E-state index in [9.17, 15) is 9.18 Å². The number of benzene rings is 1. The van der Waals surface area contributed by atoms with Gasteiger partial charge in [-0.15, -0.1) is 0 Å². The lowest BCUT2D eigenvalue weighted by Crippen LogP contribution is -2.40. The van der Waals surface area contributed by atoms with Crippen molar-refractivity contribution in [2.45, 2.75) is 19.4 Å². The second-order valence-corrected chi connectivity index (χ2v) is 4.13. The molecule has 0 radical (unpaired) electrons. The molecule has 2 amide bonds. The maximum absolute atomic E-state index is 12.7. The molecule has 1 aromatic rings. The van der Waals surface area contributed by atoms with Gasteiger partial charge in [0, 0.05) is 25.2 Å². The van der Waals surface area contributed by atoms with E-state index in [1.807, 2.05) is 0 Å². The molecule has 6 heteroatoms. The predicted molar refractivity (Wildman–Crippen MR) is 69.2 cm³/mol. The van der Waals surface area contributed by atoms with Gasteiger partial charge in [0.2, 0.25) is 0 Å². The lowest BCUT2D eigenvalue weighted by molar-refractivity contribution is 0.209. The summed E-state index contributed by atoms with van der Waals surface area (Å²) in [6.45, 7) is 1.80. The first-order valence-electron chi connectivity index (χ1n) is 5.52. The highest BCUT2D eigenvalue weighted by molar-refractivity contribution is 5.89. The van der Waals surface area contributed by atoms with E-state index in [-0.39, 0.29) is 23.7 Å². The number of carbonyl (C=O) groups is 1. The lowest BCUT2D eigenvalue weighted by atomic mass is 10.2. The molecule has 0 fully saturated rings. The summed E-state index contributed by atoms with van der Waals surface area (Å²) in [6.07, 6.45) is 0.313. The minimum absolute atomic E-state index is 0.0314. The first-order chi connectivity index (χ1) is 8.40. The maximum atomic E-state index is 12.7. The van der Waals surface area contributed by atoms with Crippen LogP contribution in [0.2, 0.25) is 0 Å². The van der Waals surface area contributed by atoms with E-state index < -0.39 is 0 Å². The quantitative estimate of drug-likeness (QED) is 0.566. The zero-order valence-corrected chi connectivity index (χ0v) is 10.4. The van der Waals surface area contributed by atoms with Crippen LogP contribution in [0, 0.1) is 11.2 Å². The number of nitrogens with two attached hydrogens (primary N) is 1. The molecule has 0 saturated carbocycles.